The van der Waals surface area contributed by atoms with Gasteiger partial charge >= 0.3 is 6.18 Å². The van der Waals surface area contributed by atoms with Gasteiger partial charge in [-0.15, -0.1) is 0 Å². The molecule has 0 saturated carbocycles. The first-order chi connectivity index (χ1) is 16.8. The third-order valence-electron chi connectivity index (χ3n) is 7.41. The van der Waals surface area contributed by atoms with E-state index in [1.807, 2.05) is 0 Å². The van der Waals surface area contributed by atoms with Gasteiger partial charge in [0.2, 0.25) is 0 Å². The van der Waals surface area contributed by atoms with Crippen molar-refractivity contribution in [1.82, 2.24) is 9.97 Å². The van der Waals surface area contributed by atoms with Crippen molar-refractivity contribution in [3.8, 4) is 5.75 Å². The van der Waals surface area contributed by atoms with Gasteiger partial charge in [-0.1, -0.05) is 0 Å². The highest BCUT2D eigenvalue weighted by atomic mass is 32.2. The number of alkyl halides is 3. The maximum Gasteiger partial charge on any atom is 0.417 e. The number of anilines is 2. The van der Waals surface area contributed by atoms with E-state index in [2.05, 4.69) is 15.3 Å². The Labute approximate surface area is 206 Å². The average molecular weight is 519 g/mol. The van der Waals surface area contributed by atoms with Crippen LogP contribution in [0.15, 0.2) is 47.7 Å². The molecule has 0 saturated heterocycles. The van der Waals surface area contributed by atoms with Crippen molar-refractivity contribution in [3.63, 3.8) is 0 Å². The van der Waals surface area contributed by atoms with Crippen molar-refractivity contribution in [1.29, 1.82) is 0 Å². The highest BCUT2D eigenvalue weighted by Crippen LogP contribution is 2.51. The Balaban J connectivity index is 1.59. The fraction of sp³-hybridized carbons (Fsp3) is 0.400. The van der Waals surface area contributed by atoms with Crippen molar-refractivity contribution in [2.75, 3.05) is 11.9 Å². The Morgan fingerprint density at radius 3 is 2.58 bits per heavy atom. The Morgan fingerprint density at radius 2 is 1.86 bits per heavy atom. The van der Waals surface area contributed by atoms with Gasteiger partial charge in [-0.25, -0.2) is 13.4 Å². The quantitative estimate of drug-likeness (QED) is 0.472. The van der Waals surface area contributed by atoms with E-state index in [1.54, 1.807) is 45.9 Å². The molecule has 0 radical (unpaired) electrons. The summed E-state index contributed by atoms with van der Waals surface area (Å²) in [6.45, 7) is 7.03. The second kappa shape index (κ2) is 7.89. The number of pyridine rings is 2. The summed E-state index contributed by atoms with van der Waals surface area (Å²) in [7, 11) is -3.64. The zero-order chi connectivity index (χ0) is 26.1. The van der Waals surface area contributed by atoms with Gasteiger partial charge < -0.3 is 10.1 Å². The van der Waals surface area contributed by atoms with Gasteiger partial charge in [0, 0.05) is 41.2 Å². The minimum absolute atomic E-state index is 0.229. The molecule has 190 valence electrons. The summed E-state index contributed by atoms with van der Waals surface area (Å²) in [4.78, 5) is 13.1. The van der Waals surface area contributed by atoms with E-state index in [9.17, 15) is 21.6 Å². The smallest absolute Gasteiger partial charge is 0.417 e. The molecule has 1 N–H and O–H groups in total. The summed E-state index contributed by atoms with van der Waals surface area (Å²) in [6, 6.07) is 7.05. The fourth-order valence-corrected chi connectivity index (χ4v) is 7.29. The predicted octanol–water partition coefficient (Wildman–Crippen LogP) is 5.64. The molecule has 0 aliphatic carbocycles. The molecule has 7 nitrogen and oxygen atoms in total. The van der Waals surface area contributed by atoms with Crippen molar-refractivity contribution >= 4 is 38.0 Å². The zero-order valence-electron chi connectivity index (χ0n) is 20.1. The van der Waals surface area contributed by atoms with E-state index in [1.165, 1.54) is 12.3 Å². The monoisotopic (exact) mass is 518 g/mol. The lowest BCUT2D eigenvalue weighted by molar-refractivity contribution is -0.137. The Morgan fingerprint density at radius 1 is 1.11 bits per heavy atom. The van der Waals surface area contributed by atoms with Crippen molar-refractivity contribution in [2.24, 2.45) is 4.99 Å². The van der Waals surface area contributed by atoms with Gasteiger partial charge in [0.25, 0.3) is 0 Å². The van der Waals surface area contributed by atoms with Crippen LogP contribution in [0.2, 0.25) is 0 Å². The number of nitrogens with zero attached hydrogens (tertiary/aromatic N) is 3. The Kier molecular flexibility index (Phi) is 5.37. The number of sulfone groups is 1. The second-order valence-corrected chi connectivity index (χ2v) is 12.8. The average Bonchev–Trinajstić information content (AvgIpc) is 2.95. The lowest BCUT2D eigenvalue weighted by Gasteiger charge is -2.44. The van der Waals surface area contributed by atoms with Crippen LogP contribution in [-0.4, -0.2) is 40.2 Å². The van der Waals surface area contributed by atoms with Gasteiger partial charge in [0.1, 0.15) is 20.8 Å². The number of ether oxygens (including phenoxy) is 1. The van der Waals surface area contributed by atoms with Gasteiger partial charge in [0.05, 0.1) is 18.2 Å². The van der Waals surface area contributed by atoms with Crippen LogP contribution in [0.25, 0.3) is 10.9 Å². The first kappa shape index (κ1) is 24.5. The van der Waals surface area contributed by atoms with Gasteiger partial charge in [-0.2, -0.15) is 13.2 Å². The number of halogens is 3. The van der Waals surface area contributed by atoms with Crippen molar-refractivity contribution < 1.29 is 26.3 Å². The molecule has 2 aliphatic rings. The van der Waals surface area contributed by atoms with Crippen molar-refractivity contribution in [3.05, 3.63) is 53.9 Å². The topological polar surface area (TPSA) is 93.5 Å². The van der Waals surface area contributed by atoms with Crippen LogP contribution in [0.1, 0.15) is 51.3 Å². The number of hydrogen-bond acceptors (Lipinski definition) is 7. The number of aromatic nitrogens is 2. The van der Waals surface area contributed by atoms with Crippen LogP contribution in [0.5, 0.6) is 5.75 Å². The molecule has 0 fully saturated rings. The maximum absolute atomic E-state index is 13.7. The Bertz CT molecular complexity index is 1520. The summed E-state index contributed by atoms with van der Waals surface area (Å²) in [5.41, 5.74) is 1.13. The lowest BCUT2D eigenvalue weighted by Crippen LogP contribution is -2.57. The largest absolute Gasteiger partial charge is 0.493 e. The molecular formula is C25H25F3N4O3S. The number of fused-ring (bicyclic) bond motifs is 4. The Hall–Kier alpha value is -3.21. The highest BCUT2D eigenvalue weighted by Gasteiger charge is 2.59. The molecule has 2 atom stereocenters. The molecule has 36 heavy (non-hydrogen) atoms. The molecule has 1 aromatic carbocycles. The molecule has 3 aromatic rings. The van der Waals surface area contributed by atoms with E-state index in [-0.39, 0.29) is 29.7 Å². The molecule has 2 aromatic heterocycles. The molecule has 4 heterocycles. The molecule has 0 spiro atoms. The van der Waals surface area contributed by atoms with Gasteiger partial charge in [-0.05, 0) is 58.0 Å². The summed E-state index contributed by atoms with van der Waals surface area (Å²) >= 11 is 0. The van der Waals surface area contributed by atoms with E-state index in [0.29, 0.717) is 22.7 Å². The number of nitrogens with one attached hydrogen (secondary N) is 1. The van der Waals surface area contributed by atoms with Gasteiger partial charge in [-0.3, -0.25) is 9.98 Å². The van der Waals surface area contributed by atoms with E-state index in [4.69, 9.17) is 9.73 Å². The molecule has 11 heteroatoms. The van der Waals surface area contributed by atoms with E-state index < -0.39 is 37.1 Å². The second-order valence-electron chi connectivity index (χ2n) is 9.87. The van der Waals surface area contributed by atoms with Crippen LogP contribution in [0.3, 0.4) is 0 Å². The molecule has 0 amide bonds. The number of hydrogen-bond donors (Lipinski definition) is 1. The minimum Gasteiger partial charge on any atom is -0.493 e. The van der Waals surface area contributed by atoms with Crippen LogP contribution >= 0.6 is 0 Å². The minimum atomic E-state index is -4.50. The number of benzene rings is 1. The SMILES string of the molecule is CC1=NC2c3cc(Nc4nccc5cc(C(F)(F)F)cnc45)ccc3OCCC2(C)S(=O)(=O)C1(C)C. The fourth-order valence-electron chi connectivity index (χ4n) is 4.86. The molecular weight excluding hydrogens is 493 g/mol. The molecule has 2 aliphatic heterocycles. The third-order valence-corrected chi connectivity index (χ3v) is 10.7. The summed E-state index contributed by atoms with van der Waals surface area (Å²) in [6.07, 6.45) is -2.04. The standard InChI is InChI=1S/C25H25F3N4O3S/c1-14-23(2,3)36(33,34)24(4)8-10-35-19-6-5-17(12-18(19)21(24)31-14)32-22-20-15(7-9-29-22)11-16(13-30-20)25(26,27)28/h5-7,9,11-13,21H,8,10H2,1-4H3,(H,29,32). The van der Waals surface area contributed by atoms with Crippen LogP contribution < -0.4 is 10.1 Å². The summed E-state index contributed by atoms with van der Waals surface area (Å²) in [5.74, 6) is 0.815. The predicted molar refractivity (Wildman–Crippen MR) is 132 cm³/mol. The molecule has 2 unspecified atom stereocenters. The number of aliphatic imine (C=N–C) groups is 1. The van der Waals surface area contributed by atoms with Gasteiger partial charge in [0.15, 0.2) is 15.7 Å². The highest BCUT2D eigenvalue weighted by molar-refractivity contribution is 7.95. The van der Waals surface area contributed by atoms with Crippen molar-refractivity contribution in [2.45, 2.75) is 55.8 Å². The zero-order valence-corrected chi connectivity index (χ0v) is 21.0. The number of rotatable bonds is 2. The first-order valence-corrected chi connectivity index (χ1v) is 12.9. The van der Waals surface area contributed by atoms with Crippen LogP contribution in [-0.2, 0) is 16.0 Å². The molecule has 0 bridgehead atoms. The summed E-state index contributed by atoms with van der Waals surface area (Å²) in [5, 5.41) is 3.41. The van der Waals surface area contributed by atoms with Crippen LogP contribution in [0.4, 0.5) is 24.7 Å². The van der Waals surface area contributed by atoms with E-state index in [0.717, 1.165) is 12.3 Å². The lowest BCUT2D eigenvalue weighted by atomic mass is 9.90. The summed E-state index contributed by atoms with van der Waals surface area (Å²) < 4.78 is 70.5. The van der Waals surface area contributed by atoms with Crippen LogP contribution in [0, 0.1) is 0 Å². The first-order valence-electron chi connectivity index (χ1n) is 11.4. The third kappa shape index (κ3) is 3.55. The maximum atomic E-state index is 13.7. The van der Waals surface area contributed by atoms with E-state index >= 15 is 0 Å². The normalized spacial score (nSPS) is 24.6. The molecule has 5 rings (SSSR count).